The first-order chi connectivity index (χ1) is 31.3. The van der Waals surface area contributed by atoms with Gasteiger partial charge in [-0.2, -0.15) is 0 Å². The van der Waals surface area contributed by atoms with Crippen LogP contribution in [0.5, 0.6) is 23.0 Å². The Labute approximate surface area is 376 Å². The van der Waals surface area contributed by atoms with Gasteiger partial charge in [-0.05, 0) is 162 Å². The Morgan fingerprint density at radius 1 is 0.385 bits per heavy atom. The van der Waals surface area contributed by atoms with Crippen LogP contribution < -0.4 is 9.47 Å². The molecule has 0 aliphatic carbocycles. The summed E-state index contributed by atoms with van der Waals surface area (Å²) in [5, 5.41) is 28.6. The number of phenols is 2. The lowest BCUT2D eigenvalue weighted by Gasteiger charge is -2.18. The number of nitrogens with zero attached hydrogens (tertiary/aromatic N) is 2. The second kappa shape index (κ2) is 16.2. The van der Waals surface area contributed by atoms with E-state index in [0.29, 0.717) is 51.5 Å². The number of fused-ring (bicyclic) bond motifs is 6. The van der Waals surface area contributed by atoms with Crippen molar-refractivity contribution in [3.8, 4) is 56.6 Å². The van der Waals surface area contributed by atoms with E-state index in [1.54, 1.807) is 12.1 Å². The van der Waals surface area contributed by atoms with Crippen molar-refractivity contribution in [2.24, 2.45) is 0 Å². The Morgan fingerprint density at radius 3 is 1.06 bits per heavy atom. The van der Waals surface area contributed by atoms with Gasteiger partial charge in [-0.15, -0.1) is 0 Å². The molecule has 6 nitrogen and oxygen atoms in total. The zero-order valence-corrected chi connectivity index (χ0v) is 37.2. The third-order valence-electron chi connectivity index (χ3n) is 12.4. The second-order valence-electron chi connectivity index (χ2n) is 17.4. The molecule has 324 valence electrons. The second-order valence-corrected chi connectivity index (χ2v) is 17.4. The molecule has 0 aliphatic rings. The molecular formula is C57H48F2N2O4. The summed E-state index contributed by atoms with van der Waals surface area (Å²) in [6.45, 7) is 12.6. The average Bonchev–Trinajstić information content (AvgIpc) is 3.76. The van der Waals surface area contributed by atoms with Crippen molar-refractivity contribution >= 4 is 43.6 Å². The third-order valence-corrected chi connectivity index (χ3v) is 12.4. The highest BCUT2D eigenvalue weighted by molar-refractivity contribution is 6.11. The lowest BCUT2D eigenvalue weighted by molar-refractivity contribution is 0.248. The molecule has 0 bridgehead atoms. The normalized spacial score (nSPS) is 11.7. The van der Waals surface area contributed by atoms with Crippen molar-refractivity contribution in [3.05, 3.63) is 178 Å². The Hall–Kier alpha value is -7.58. The molecule has 8 aromatic carbocycles. The van der Waals surface area contributed by atoms with Crippen molar-refractivity contribution in [2.75, 3.05) is 13.2 Å². The summed E-state index contributed by atoms with van der Waals surface area (Å²) in [5.41, 5.74) is 13.0. The summed E-state index contributed by atoms with van der Waals surface area (Å²) in [7, 11) is 0. The molecule has 0 saturated heterocycles. The number of rotatable bonds is 10. The predicted octanol–water partition coefficient (Wildman–Crippen LogP) is 14.6. The first-order valence-electron chi connectivity index (χ1n) is 21.9. The number of aryl methyl sites for hydroxylation is 6. The van der Waals surface area contributed by atoms with Gasteiger partial charge in [0.25, 0.3) is 0 Å². The molecule has 2 heterocycles. The molecule has 0 aliphatic heterocycles. The van der Waals surface area contributed by atoms with Gasteiger partial charge in [-0.1, -0.05) is 46.5 Å². The molecule has 0 fully saturated rings. The van der Waals surface area contributed by atoms with E-state index in [0.717, 1.165) is 77.0 Å². The Kier molecular flexibility index (Phi) is 10.3. The average molecular weight is 863 g/mol. The molecule has 0 saturated carbocycles. The highest BCUT2D eigenvalue weighted by atomic mass is 19.1. The van der Waals surface area contributed by atoms with Gasteiger partial charge in [0, 0.05) is 50.2 Å². The summed E-state index contributed by atoms with van der Waals surface area (Å²) in [4.78, 5) is 0. The number of hydrogen-bond acceptors (Lipinski definition) is 4. The largest absolute Gasteiger partial charge is 0.505 e. The molecule has 0 atom stereocenters. The third kappa shape index (κ3) is 7.38. The minimum Gasteiger partial charge on any atom is -0.505 e. The van der Waals surface area contributed by atoms with Gasteiger partial charge in [0.1, 0.15) is 34.6 Å². The van der Waals surface area contributed by atoms with Crippen LogP contribution in [-0.2, 0) is 0 Å². The van der Waals surface area contributed by atoms with Crippen LogP contribution in [0.4, 0.5) is 8.78 Å². The van der Waals surface area contributed by atoms with Gasteiger partial charge in [0.15, 0.2) is 0 Å². The first kappa shape index (κ1) is 41.4. The fraction of sp³-hybridized carbons (Fsp3) is 0.158. The standard InChI is InChI=1S/C57H48F2N2O4/c1-32-8-14-48-40(22-32)41-23-33(2)9-15-49(41)60(48)52-28-36(5)26-46(56(52)62)44-30-38(58)12-18-54(44)64-20-7-21-65-55-19-13-39(59)31-45(55)47-27-37(6)29-53(57(47)63)61-50-16-10-34(3)24-42(50)43-25-35(4)11-17-51(43)61/h8-19,22-31,62-63H,7,20-21H2,1-6H3. The van der Waals surface area contributed by atoms with Gasteiger partial charge >= 0.3 is 0 Å². The Morgan fingerprint density at radius 2 is 0.723 bits per heavy atom. The summed E-state index contributed by atoms with van der Waals surface area (Å²) >= 11 is 0. The number of aromatic hydroxyl groups is 2. The van der Waals surface area contributed by atoms with E-state index < -0.39 is 11.6 Å². The smallest absolute Gasteiger partial charge is 0.147 e. The number of halogens is 2. The molecule has 2 aromatic heterocycles. The number of benzene rings is 8. The molecule has 8 heteroatoms. The summed E-state index contributed by atoms with van der Waals surface area (Å²) in [6, 6.07) is 41.4. The summed E-state index contributed by atoms with van der Waals surface area (Å²) in [5.74, 6) is -0.108. The number of aromatic nitrogens is 2. The van der Waals surface area contributed by atoms with Gasteiger partial charge in [-0.3, -0.25) is 0 Å². The minimum atomic E-state index is -0.462. The van der Waals surface area contributed by atoms with Gasteiger partial charge in [0.2, 0.25) is 0 Å². The van der Waals surface area contributed by atoms with Gasteiger partial charge < -0.3 is 28.8 Å². The number of hydrogen-bond donors (Lipinski definition) is 2. The summed E-state index contributed by atoms with van der Waals surface area (Å²) in [6.07, 6.45) is 0.421. The highest BCUT2D eigenvalue weighted by Crippen LogP contribution is 2.46. The van der Waals surface area contributed by atoms with Crippen LogP contribution in [0.2, 0.25) is 0 Å². The molecule has 0 spiro atoms. The van der Waals surface area contributed by atoms with Crippen LogP contribution in [0.3, 0.4) is 0 Å². The molecule has 10 rings (SSSR count). The number of phenolic OH excluding ortho intramolecular Hbond substituents is 2. The van der Waals surface area contributed by atoms with Crippen LogP contribution in [0.25, 0.3) is 77.2 Å². The van der Waals surface area contributed by atoms with Gasteiger partial charge in [0.05, 0.1) is 46.7 Å². The van der Waals surface area contributed by atoms with E-state index in [1.165, 1.54) is 24.3 Å². The topological polar surface area (TPSA) is 68.8 Å². The van der Waals surface area contributed by atoms with E-state index >= 15 is 8.78 Å². The molecule has 0 amide bonds. The maximum Gasteiger partial charge on any atom is 0.147 e. The lowest BCUT2D eigenvalue weighted by atomic mass is 9.99. The van der Waals surface area contributed by atoms with Crippen LogP contribution in [0.15, 0.2) is 133 Å². The Bertz CT molecular complexity index is 3190. The van der Waals surface area contributed by atoms with E-state index in [9.17, 15) is 10.2 Å². The molecule has 0 unspecified atom stereocenters. The predicted molar refractivity (Wildman–Crippen MR) is 260 cm³/mol. The van der Waals surface area contributed by atoms with Crippen molar-refractivity contribution in [1.29, 1.82) is 0 Å². The first-order valence-corrected chi connectivity index (χ1v) is 21.9. The number of ether oxygens (including phenoxy) is 2. The van der Waals surface area contributed by atoms with E-state index in [4.69, 9.17) is 9.47 Å². The molecule has 65 heavy (non-hydrogen) atoms. The lowest BCUT2D eigenvalue weighted by Crippen LogP contribution is -2.07. The van der Waals surface area contributed by atoms with Crippen LogP contribution >= 0.6 is 0 Å². The van der Waals surface area contributed by atoms with Crippen LogP contribution in [0.1, 0.15) is 39.8 Å². The maximum absolute atomic E-state index is 15.1. The van der Waals surface area contributed by atoms with E-state index in [-0.39, 0.29) is 24.7 Å². The SMILES string of the molecule is Cc1cc(-c2cc(F)ccc2OCCCOc2ccc(F)cc2-c2cc(C)cc(-n3c4ccc(C)cc4c4cc(C)ccc43)c2O)c(O)c(-n2c3ccc(C)cc3c3cc(C)ccc32)c1. The van der Waals surface area contributed by atoms with Crippen LogP contribution in [-0.4, -0.2) is 32.6 Å². The quantitative estimate of drug-likeness (QED) is 0.134. The molecule has 10 aromatic rings. The highest BCUT2D eigenvalue weighted by Gasteiger charge is 2.23. The zero-order valence-electron chi connectivity index (χ0n) is 37.2. The van der Waals surface area contributed by atoms with Gasteiger partial charge in [-0.25, -0.2) is 8.78 Å². The van der Waals surface area contributed by atoms with Crippen molar-refractivity contribution in [3.63, 3.8) is 0 Å². The molecular weight excluding hydrogens is 815 g/mol. The summed E-state index contributed by atoms with van der Waals surface area (Å²) < 4.78 is 46.9. The Balaban J connectivity index is 0.931. The van der Waals surface area contributed by atoms with Crippen LogP contribution in [0, 0.1) is 53.2 Å². The maximum atomic E-state index is 15.1. The van der Waals surface area contributed by atoms with Crippen molar-refractivity contribution in [1.82, 2.24) is 9.13 Å². The van der Waals surface area contributed by atoms with E-state index in [2.05, 4.69) is 110 Å². The van der Waals surface area contributed by atoms with E-state index in [1.807, 2.05) is 38.1 Å². The monoisotopic (exact) mass is 862 g/mol. The zero-order chi connectivity index (χ0) is 45.3. The fourth-order valence-corrected chi connectivity index (χ4v) is 9.39. The minimum absolute atomic E-state index is 0.00377. The fourth-order valence-electron chi connectivity index (χ4n) is 9.39. The van der Waals surface area contributed by atoms with Crippen molar-refractivity contribution < 1.29 is 28.5 Å². The molecule has 2 N–H and O–H groups in total. The van der Waals surface area contributed by atoms with Crippen molar-refractivity contribution in [2.45, 2.75) is 48.0 Å². The molecule has 0 radical (unpaired) electrons.